The minimum atomic E-state index is -4.53. The number of aryl methyl sites for hydroxylation is 1. The first-order valence-corrected chi connectivity index (χ1v) is 8.30. The van der Waals surface area contributed by atoms with Crippen LogP contribution in [0.15, 0.2) is 30.6 Å². The molecule has 0 radical (unpaired) electrons. The Morgan fingerprint density at radius 1 is 1.08 bits per heavy atom. The van der Waals surface area contributed by atoms with Crippen molar-refractivity contribution in [1.82, 2.24) is 9.97 Å². The molecule has 0 spiro atoms. The molecule has 0 amide bonds. The van der Waals surface area contributed by atoms with E-state index >= 15 is 0 Å². The molecule has 2 aromatic rings. The third-order valence-electron chi connectivity index (χ3n) is 3.76. The van der Waals surface area contributed by atoms with Gasteiger partial charge in [0, 0.05) is 23.7 Å². The lowest BCUT2D eigenvalue weighted by atomic mass is 10.00. The van der Waals surface area contributed by atoms with Crippen LogP contribution in [-0.2, 0) is 6.18 Å². The van der Waals surface area contributed by atoms with Crippen molar-refractivity contribution in [1.29, 1.82) is 0 Å². The van der Waals surface area contributed by atoms with Crippen LogP contribution >= 0.6 is 0 Å². The van der Waals surface area contributed by atoms with E-state index in [1.165, 1.54) is 6.20 Å². The van der Waals surface area contributed by atoms with Gasteiger partial charge in [0.2, 0.25) is 5.88 Å². The van der Waals surface area contributed by atoms with E-state index in [2.05, 4.69) is 23.8 Å². The van der Waals surface area contributed by atoms with Crippen molar-refractivity contribution in [3.05, 3.63) is 41.9 Å². The molecule has 2 heterocycles. The molecule has 136 valence electrons. The van der Waals surface area contributed by atoms with Crippen molar-refractivity contribution in [2.75, 3.05) is 6.61 Å². The van der Waals surface area contributed by atoms with Crippen molar-refractivity contribution in [3.63, 3.8) is 0 Å². The minimum absolute atomic E-state index is 0.158. The summed E-state index contributed by atoms with van der Waals surface area (Å²) in [5.74, 6) is 0.258. The second-order valence-electron chi connectivity index (χ2n) is 6.81. The van der Waals surface area contributed by atoms with Gasteiger partial charge in [-0.05, 0) is 48.9 Å². The van der Waals surface area contributed by atoms with Crippen LogP contribution in [0.25, 0.3) is 11.1 Å². The fourth-order valence-corrected chi connectivity index (χ4v) is 2.75. The maximum absolute atomic E-state index is 13.4. The van der Waals surface area contributed by atoms with Gasteiger partial charge in [0.05, 0.1) is 6.61 Å². The fraction of sp³-hybridized carbons (Fsp3) is 0.474. The van der Waals surface area contributed by atoms with Crippen molar-refractivity contribution < 1.29 is 17.9 Å². The summed E-state index contributed by atoms with van der Waals surface area (Å²) in [5, 5.41) is 0. The molecule has 0 saturated heterocycles. The van der Waals surface area contributed by atoms with Gasteiger partial charge in [-0.25, -0.2) is 4.98 Å². The summed E-state index contributed by atoms with van der Waals surface area (Å²) < 4.78 is 45.7. The SMILES string of the molecule is Cc1cc(-c2cnc(OCC(C)CC(C)C)c(C(F)(F)F)c2)ccn1. The molecule has 1 atom stereocenters. The lowest BCUT2D eigenvalue weighted by Crippen LogP contribution is -2.15. The van der Waals surface area contributed by atoms with Gasteiger partial charge >= 0.3 is 6.18 Å². The Hall–Kier alpha value is -2.11. The Kier molecular flexibility index (Phi) is 6.03. The van der Waals surface area contributed by atoms with Crippen LogP contribution in [0.1, 0.15) is 38.4 Å². The van der Waals surface area contributed by atoms with E-state index in [4.69, 9.17) is 4.74 Å². The normalized spacial score (nSPS) is 13.1. The van der Waals surface area contributed by atoms with Crippen molar-refractivity contribution in [2.24, 2.45) is 11.8 Å². The van der Waals surface area contributed by atoms with E-state index in [1.807, 2.05) is 6.92 Å². The largest absolute Gasteiger partial charge is 0.477 e. The summed E-state index contributed by atoms with van der Waals surface area (Å²) in [4.78, 5) is 8.00. The number of rotatable bonds is 6. The zero-order valence-corrected chi connectivity index (χ0v) is 14.9. The number of pyridine rings is 2. The first-order valence-electron chi connectivity index (χ1n) is 8.30. The molecule has 3 nitrogen and oxygen atoms in total. The number of halogens is 3. The Morgan fingerprint density at radius 3 is 2.40 bits per heavy atom. The van der Waals surface area contributed by atoms with Crippen LogP contribution in [0.5, 0.6) is 5.88 Å². The van der Waals surface area contributed by atoms with E-state index in [0.29, 0.717) is 17.0 Å². The minimum Gasteiger partial charge on any atom is -0.477 e. The maximum Gasteiger partial charge on any atom is 0.421 e. The Morgan fingerprint density at radius 2 is 1.80 bits per heavy atom. The zero-order chi connectivity index (χ0) is 18.6. The van der Waals surface area contributed by atoms with E-state index in [9.17, 15) is 13.2 Å². The highest BCUT2D eigenvalue weighted by atomic mass is 19.4. The Bertz CT molecular complexity index is 714. The van der Waals surface area contributed by atoms with Gasteiger partial charge in [0.15, 0.2) is 0 Å². The molecule has 0 N–H and O–H groups in total. The first kappa shape index (κ1) is 19.2. The third kappa shape index (κ3) is 5.44. The number of alkyl halides is 3. The van der Waals surface area contributed by atoms with Crippen molar-refractivity contribution in [2.45, 2.75) is 40.3 Å². The molecule has 0 saturated carbocycles. The van der Waals surface area contributed by atoms with Gasteiger partial charge in [-0.2, -0.15) is 13.2 Å². The molecule has 0 aromatic carbocycles. The predicted octanol–water partition coefficient (Wildman–Crippen LogP) is 5.53. The molecule has 1 unspecified atom stereocenters. The highest BCUT2D eigenvalue weighted by Crippen LogP contribution is 2.37. The molecule has 0 bridgehead atoms. The van der Waals surface area contributed by atoms with E-state index in [1.54, 1.807) is 25.3 Å². The zero-order valence-electron chi connectivity index (χ0n) is 14.9. The predicted molar refractivity (Wildman–Crippen MR) is 91.3 cm³/mol. The molecule has 2 aromatic heterocycles. The average Bonchev–Trinajstić information content (AvgIpc) is 2.51. The van der Waals surface area contributed by atoms with Crippen LogP contribution < -0.4 is 4.74 Å². The Labute approximate surface area is 146 Å². The number of hydrogen-bond donors (Lipinski definition) is 0. The van der Waals surface area contributed by atoms with E-state index < -0.39 is 11.7 Å². The van der Waals surface area contributed by atoms with Crippen LogP contribution in [0.4, 0.5) is 13.2 Å². The molecular formula is C19H23F3N2O. The third-order valence-corrected chi connectivity index (χ3v) is 3.76. The van der Waals surface area contributed by atoms with Gasteiger partial charge in [-0.15, -0.1) is 0 Å². The van der Waals surface area contributed by atoms with E-state index in [-0.39, 0.29) is 18.4 Å². The monoisotopic (exact) mass is 352 g/mol. The van der Waals surface area contributed by atoms with Crippen LogP contribution in [-0.4, -0.2) is 16.6 Å². The van der Waals surface area contributed by atoms with E-state index in [0.717, 1.165) is 18.2 Å². The number of nitrogens with zero attached hydrogens (tertiary/aromatic N) is 2. The number of hydrogen-bond acceptors (Lipinski definition) is 3. The summed E-state index contributed by atoms with van der Waals surface area (Å²) >= 11 is 0. The summed E-state index contributed by atoms with van der Waals surface area (Å²) in [7, 11) is 0. The van der Waals surface area contributed by atoms with Gasteiger partial charge in [0.1, 0.15) is 5.56 Å². The molecule has 0 fully saturated rings. The lowest BCUT2D eigenvalue weighted by Gasteiger charge is -2.18. The lowest BCUT2D eigenvalue weighted by molar-refractivity contribution is -0.139. The first-order chi connectivity index (χ1) is 11.7. The summed E-state index contributed by atoms with van der Waals surface area (Å²) in [6, 6.07) is 4.47. The molecule has 2 rings (SSSR count). The second-order valence-corrected chi connectivity index (χ2v) is 6.81. The molecular weight excluding hydrogens is 329 g/mol. The van der Waals surface area contributed by atoms with Gasteiger partial charge in [-0.3, -0.25) is 4.98 Å². The van der Waals surface area contributed by atoms with Crippen LogP contribution in [0, 0.1) is 18.8 Å². The fourth-order valence-electron chi connectivity index (χ4n) is 2.75. The summed E-state index contributed by atoms with van der Waals surface area (Å²) in [6.45, 7) is 8.10. The van der Waals surface area contributed by atoms with Gasteiger partial charge in [-0.1, -0.05) is 20.8 Å². The maximum atomic E-state index is 13.4. The van der Waals surface area contributed by atoms with Crippen LogP contribution in [0.3, 0.4) is 0 Å². The highest BCUT2D eigenvalue weighted by molar-refractivity contribution is 5.64. The smallest absolute Gasteiger partial charge is 0.421 e. The standard InChI is InChI=1S/C19H23F3N2O/c1-12(2)7-13(3)11-25-18-17(19(20,21)22)9-16(10-24-18)15-5-6-23-14(4)8-15/h5-6,8-10,12-13H,7,11H2,1-4H3. The summed E-state index contributed by atoms with van der Waals surface area (Å²) in [5.41, 5.74) is 0.913. The molecule has 6 heteroatoms. The van der Waals surface area contributed by atoms with Gasteiger partial charge in [0.25, 0.3) is 0 Å². The summed E-state index contributed by atoms with van der Waals surface area (Å²) in [6.07, 6.45) is -0.667. The molecule has 0 aliphatic rings. The highest BCUT2D eigenvalue weighted by Gasteiger charge is 2.36. The topological polar surface area (TPSA) is 35.0 Å². The van der Waals surface area contributed by atoms with Crippen molar-refractivity contribution >= 4 is 0 Å². The van der Waals surface area contributed by atoms with Gasteiger partial charge < -0.3 is 4.74 Å². The molecule has 0 aliphatic heterocycles. The number of ether oxygens (including phenoxy) is 1. The Balaban J connectivity index is 2.29. The number of aromatic nitrogens is 2. The molecule has 0 aliphatic carbocycles. The quantitative estimate of drug-likeness (QED) is 0.685. The molecule has 25 heavy (non-hydrogen) atoms. The van der Waals surface area contributed by atoms with Crippen molar-refractivity contribution in [3.8, 4) is 17.0 Å². The average molecular weight is 352 g/mol. The second kappa shape index (κ2) is 7.85. The van der Waals surface area contributed by atoms with Crippen LogP contribution in [0.2, 0.25) is 0 Å².